The average molecular weight is 389 g/mol. The van der Waals surface area contributed by atoms with E-state index < -0.39 is 0 Å². The van der Waals surface area contributed by atoms with E-state index in [2.05, 4.69) is 33.4 Å². The van der Waals surface area contributed by atoms with Crippen LogP contribution in [0.4, 0.5) is 4.79 Å². The Morgan fingerprint density at radius 2 is 1.96 bits per heavy atom. The van der Waals surface area contributed by atoms with Crippen molar-refractivity contribution >= 4 is 39.9 Å². The molecule has 0 atom stereocenters. The van der Waals surface area contributed by atoms with Crippen LogP contribution in [0.25, 0.3) is 10.9 Å². The Morgan fingerprint density at radius 1 is 1.15 bits per heavy atom. The van der Waals surface area contributed by atoms with Crippen molar-refractivity contribution in [1.29, 1.82) is 0 Å². The van der Waals surface area contributed by atoms with Gasteiger partial charge in [-0.15, -0.1) is 11.3 Å². The molecule has 0 unspecified atom stereocenters. The van der Waals surface area contributed by atoms with Gasteiger partial charge in [-0.25, -0.2) is 4.79 Å². The highest BCUT2D eigenvalue weighted by molar-refractivity contribution is 7.16. The van der Waals surface area contributed by atoms with Gasteiger partial charge in [-0.3, -0.25) is 4.90 Å². The van der Waals surface area contributed by atoms with Crippen molar-refractivity contribution in [3.8, 4) is 0 Å². The second-order valence-electron chi connectivity index (χ2n) is 6.51. The Morgan fingerprint density at radius 3 is 2.69 bits per heavy atom. The number of halogens is 1. The highest BCUT2D eigenvalue weighted by atomic mass is 35.5. The van der Waals surface area contributed by atoms with E-state index in [9.17, 15) is 4.79 Å². The van der Waals surface area contributed by atoms with Crippen LogP contribution in [0.2, 0.25) is 4.34 Å². The Labute approximate surface area is 161 Å². The summed E-state index contributed by atoms with van der Waals surface area (Å²) in [7, 11) is 0. The number of hydrogen-bond acceptors (Lipinski definition) is 3. The van der Waals surface area contributed by atoms with Crippen LogP contribution in [0.5, 0.6) is 0 Å². The number of fused-ring (bicyclic) bond motifs is 1. The lowest BCUT2D eigenvalue weighted by atomic mass is 10.2. The number of benzene rings is 1. The molecule has 0 radical (unpaired) electrons. The van der Waals surface area contributed by atoms with E-state index in [0.717, 1.165) is 48.3 Å². The molecule has 2 N–H and O–H groups in total. The number of carbonyl (C=O) groups is 1. The largest absolute Gasteiger partial charge is 0.357 e. The van der Waals surface area contributed by atoms with E-state index in [1.807, 2.05) is 29.2 Å². The van der Waals surface area contributed by atoms with Crippen molar-refractivity contribution in [2.24, 2.45) is 0 Å². The van der Waals surface area contributed by atoms with Gasteiger partial charge in [0.05, 0.1) is 10.9 Å². The zero-order valence-corrected chi connectivity index (χ0v) is 15.9. The number of H-pyrrole nitrogens is 1. The lowest BCUT2D eigenvalue weighted by molar-refractivity contribution is 0.135. The van der Waals surface area contributed by atoms with E-state index in [4.69, 9.17) is 11.6 Å². The topological polar surface area (TPSA) is 51.4 Å². The van der Waals surface area contributed by atoms with Crippen molar-refractivity contribution in [3.63, 3.8) is 0 Å². The summed E-state index contributed by atoms with van der Waals surface area (Å²) >= 11 is 7.61. The average Bonchev–Trinajstić information content (AvgIpc) is 3.25. The van der Waals surface area contributed by atoms with Gasteiger partial charge in [0, 0.05) is 48.8 Å². The Bertz CT molecular complexity index is 865. The first-order valence-electron chi connectivity index (χ1n) is 8.73. The van der Waals surface area contributed by atoms with Crippen LogP contribution in [0, 0.1) is 0 Å². The van der Waals surface area contributed by atoms with Gasteiger partial charge in [-0.1, -0.05) is 29.8 Å². The number of thiophene rings is 1. The molecule has 136 valence electrons. The fraction of sp³-hybridized carbons (Fsp3) is 0.316. The fourth-order valence-electron chi connectivity index (χ4n) is 3.28. The van der Waals surface area contributed by atoms with Crippen LogP contribution in [0.1, 0.15) is 10.6 Å². The van der Waals surface area contributed by atoms with Crippen LogP contribution in [0.15, 0.2) is 42.5 Å². The van der Waals surface area contributed by atoms with Crippen LogP contribution in [-0.2, 0) is 13.1 Å². The number of amides is 2. The highest BCUT2D eigenvalue weighted by Crippen LogP contribution is 2.23. The number of nitrogens with zero attached hydrogens (tertiary/aromatic N) is 2. The normalized spacial score (nSPS) is 15.5. The molecule has 26 heavy (non-hydrogen) atoms. The van der Waals surface area contributed by atoms with Crippen molar-refractivity contribution in [3.05, 3.63) is 57.4 Å². The molecule has 2 amide bonds. The number of aromatic nitrogens is 1. The van der Waals surface area contributed by atoms with Gasteiger partial charge in [0.1, 0.15) is 0 Å². The smallest absolute Gasteiger partial charge is 0.317 e. The fourth-order valence-corrected chi connectivity index (χ4v) is 4.41. The van der Waals surface area contributed by atoms with Crippen LogP contribution < -0.4 is 5.32 Å². The molecule has 5 nitrogen and oxygen atoms in total. The SMILES string of the molecule is O=C(NCc1cc2ccccc2[nH]1)N1CCN(Cc2ccc(Cl)s2)CC1. The molecule has 3 aromatic rings. The predicted molar refractivity (Wildman–Crippen MR) is 107 cm³/mol. The number of aromatic amines is 1. The molecule has 1 aromatic carbocycles. The minimum atomic E-state index is 0.00229. The monoisotopic (exact) mass is 388 g/mol. The molecule has 1 aliphatic heterocycles. The van der Waals surface area contributed by atoms with Crippen molar-refractivity contribution in [1.82, 2.24) is 20.1 Å². The maximum absolute atomic E-state index is 12.4. The maximum atomic E-state index is 12.4. The van der Waals surface area contributed by atoms with E-state index in [1.54, 1.807) is 11.3 Å². The molecule has 2 aromatic heterocycles. The molecule has 4 rings (SSSR count). The van der Waals surface area contributed by atoms with Crippen molar-refractivity contribution in [2.75, 3.05) is 26.2 Å². The first-order chi connectivity index (χ1) is 12.7. The second kappa shape index (κ2) is 7.70. The van der Waals surface area contributed by atoms with Crippen molar-refractivity contribution in [2.45, 2.75) is 13.1 Å². The summed E-state index contributed by atoms with van der Waals surface area (Å²) in [5.41, 5.74) is 2.12. The third kappa shape index (κ3) is 4.03. The van der Waals surface area contributed by atoms with Crippen LogP contribution >= 0.6 is 22.9 Å². The number of hydrogen-bond donors (Lipinski definition) is 2. The van der Waals surface area contributed by atoms with E-state index in [-0.39, 0.29) is 6.03 Å². The van der Waals surface area contributed by atoms with Gasteiger partial charge in [0.15, 0.2) is 0 Å². The summed E-state index contributed by atoms with van der Waals surface area (Å²) in [6.45, 7) is 4.68. The molecule has 1 aliphatic rings. The Kier molecular flexibility index (Phi) is 5.15. The molecular formula is C19H21ClN4OS. The summed E-state index contributed by atoms with van der Waals surface area (Å²) in [5, 5.41) is 4.19. The third-order valence-electron chi connectivity index (χ3n) is 4.68. The number of para-hydroxylation sites is 1. The number of nitrogens with one attached hydrogen (secondary N) is 2. The lowest BCUT2D eigenvalue weighted by Crippen LogP contribution is -2.51. The van der Waals surface area contributed by atoms with E-state index >= 15 is 0 Å². The number of urea groups is 1. The van der Waals surface area contributed by atoms with Gasteiger partial charge >= 0.3 is 6.03 Å². The maximum Gasteiger partial charge on any atom is 0.317 e. The highest BCUT2D eigenvalue weighted by Gasteiger charge is 2.21. The second-order valence-corrected chi connectivity index (χ2v) is 8.31. The van der Waals surface area contributed by atoms with Gasteiger partial charge in [0.2, 0.25) is 0 Å². The number of rotatable bonds is 4. The Balaban J connectivity index is 1.25. The first kappa shape index (κ1) is 17.4. The zero-order valence-electron chi connectivity index (χ0n) is 14.4. The number of carbonyl (C=O) groups excluding carboxylic acids is 1. The predicted octanol–water partition coefficient (Wildman–Crippen LogP) is 3.91. The van der Waals surface area contributed by atoms with Gasteiger partial charge in [-0.05, 0) is 29.7 Å². The van der Waals surface area contributed by atoms with Crippen LogP contribution in [-0.4, -0.2) is 47.0 Å². The first-order valence-corrected chi connectivity index (χ1v) is 9.93. The zero-order chi connectivity index (χ0) is 17.9. The van der Waals surface area contributed by atoms with Gasteiger partial charge < -0.3 is 15.2 Å². The molecular weight excluding hydrogens is 368 g/mol. The standard InChI is InChI=1S/C19H21ClN4OS/c20-18-6-5-16(26-18)13-23-7-9-24(10-8-23)19(25)21-12-15-11-14-3-1-2-4-17(14)22-15/h1-6,11,22H,7-10,12-13H2,(H,21,25). The van der Waals surface area contributed by atoms with E-state index in [0.29, 0.717) is 6.54 Å². The van der Waals surface area contributed by atoms with Gasteiger partial charge in [0.25, 0.3) is 0 Å². The third-order valence-corrected chi connectivity index (χ3v) is 5.90. The minimum absolute atomic E-state index is 0.00229. The summed E-state index contributed by atoms with van der Waals surface area (Å²) < 4.78 is 0.829. The van der Waals surface area contributed by atoms with Crippen molar-refractivity contribution < 1.29 is 4.79 Å². The van der Waals surface area contributed by atoms with Gasteiger partial charge in [-0.2, -0.15) is 0 Å². The minimum Gasteiger partial charge on any atom is -0.357 e. The molecule has 1 saturated heterocycles. The van der Waals surface area contributed by atoms with E-state index in [1.165, 1.54) is 10.3 Å². The molecule has 7 heteroatoms. The molecule has 0 bridgehead atoms. The molecule has 1 fully saturated rings. The summed E-state index contributed by atoms with van der Waals surface area (Å²) in [4.78, 5) is 21.3. The van der Waals surface area contributed by atoms with Crippen LogP contribution in [0.3, 0.4) is 0 Å². The molecule has 0 saturated carbocycles. The summed E-state index contributed by atoms with van der Waals surface area (Å²) in [6, 6.07) is 14.2. The molecule has 3 heterocycles. The Hall–Kier alpha value is -2.02. The molecule has 0 aliphatic carbocycles. The summed E-state index contributed by atoms with van der Waals surface area (Å²) in [6.07, 6.45) is 0. The lowest BCUT2D eigenvalue weighted by Gasteiger charge is -2.34. The molecule has 0 spiro atoms. The quantitative estimate of drug-likeness (QED) is 0.712. The summed E-state index contributed by atoms with van der Waals surface area (Å²) in [5.74, 6) is 0. The number of piperazine rings is 1.